The molecule has 0 aromatic heterocycles. The molecule has 1 amide bonds. The molecule has 0 bridgehead atoms. The molecule has 0 heterocycles. The molecule has 0 atom stereocenters. The Balaban J connectivity index is 1.64. The minimum atomic E-state index is -0.659. The first-order valence-electron chi connectivity index (χ1n) is 9.01. The van der Waals surface area contributed by atoms with Crippen molar-refractivity contribution in [1.29, 1.82) is 0 Å². The van der Waals surface area contributed by atoms with E-state index in [1.165, 1.54) is 37.6 Å². The van der Waals surface area contributed by atoms with Crippen LogP contribution in [0.3, 0.4) is 0 Å². The molecule has 0 aliphatic heterocycles. The number of hydrazone groups is 1. The standard InChI is InChI=1S/C22H17N3O6/c1-30-20-8-3-2-7-19(20)21(26)24-23-14-15-5-4-6-18(13-15)31-22(27)16-9-11-17(12-10-16)25(28)29/h2-14H,1H3,(H,24,26). The average Bonchev–Trinajstić information content (AvgIpc) is 2.79. The van der Waals surface area contributed by atoms with Crippen molar-refractivity contribution in [2.24, 2.45) is 5.10 Å². The number of carbonyl (C=O) groups excluding carboxylic acids is 2. The van der Waals surface area contributed by atoms with E-state index in [2.05, 4.69) is 10.5 Å². The van der Waals surface area contributed by atoms with E-state index in [1.54, 1.807) is 48.5 Å². The molecule has 3 rings (SSSR count). The maximum Gasteiger partial charge on any atom is 0.343 e. The fourth-order valence-electron chi connectivity index (χ4n) is 2.60. The quantitative estimate of drug-likeness (QED) is 0.205. The molecule has 9 heteroatoms. The van der Waals surface area contributed by atoms with Gasteiger partial charge in [0.1, 0.15) is 11.5 Å². The molecular weight excluding hydrogens is 402 g/mol. The van der Waals surface area contributed by atoms with Gasteiger partial charge in [0.2, 0.25) is 0 Å². The predicted molar refractivity (Wildman–Crippen MR) is 113 cm³/mol. The van der Waals surface area contributed by atoms with Crippen LogP contribution in [0.25, 0.3) is 0 Å². The summed E-state index contributed by atoms with van der Waals surface area (Å²) < 4.78 is 10.4. The monoisotopic (exact) mass is 419 g/mol. The van der Waals surface area contributed by atoms with Gasteiger partial charge in [-0.25, -0.2) is 10.2 Å². The minimum Gasteiger partial charge on any atom is -0.496 e. The van der Waals surface area contributed by atoms with E-state index < -0.39 is 16.8 Å². The highest BCUT2D eigenvalue weighted by atomic mass is 16.6. The lowest BCUT2D eigenvalue weighted by Gasteiger charge is -2.06. The number of rotatable bonds is 7. The number of ether oxygens (including phenoxy) is 2. The summed E-state index contributed by atoms with van der Waals surface area (Å²) in [7, 11) is 1.47. The SMILES string of the molecule is COc1ccccc1C(=O)NN=Cc1cccc(OC(=O)c2ccc([N+](=O)[O-])cc2)c1. The highest BCUT2D eigenvalue weighted by Gasteiger charge is 2.12. The molecule has 0 saturated heterocycles. The second kappa shape index (κ2) is 9.79. The van der Waals surface area contributed by atoms with Gasteiger partial charge in [-0.05, 0) is 42.0 Å². The Kier molecular flexibility index (Phi) is 6.69. The van der Waals surface area contributed by atoms with Crippen LogP contribution < -0.4 is 14.9 Å². The molecular formula is C22H17N3O6. The van der Waals surface area contributed by atoms with E-state index in [1.807, 2.05) is 0 Å². The number of para-hydroxylation sites is 1. The smallest absolute Gasteiger partial charge is 0.343 e. The maximum atomic E-state index is 12.2. The Bertz CT molecular complexity index is 1140. The van der Waals surface area contributed by atoms with Gasteiger partial charge in [-0.3, -0.25) is 14.9 Å². The summed E-state index contributed by atoms with van der Waals surface area (Å²) >= 11 is 0. The molecule has 3 aromatic rings. The number of hydrogen-bond acceptors (Lipinski definition) is 7. The first-order valence-corrected chi connectivity index (χ1v) is 9.01. The molecule has 0 saturated carbocycles. The Labute approximate surface area is 177 Å². The summed E-state index contributed by atoms with van der Waals surface area (Å²) in [5, 5.41) is 14.6. The predicted octanol–water partition coefficient (Wildman–Crippen LogP) is 3.59. The van der Waals surface area contributed by atoms with Crippen LogP contribution in [0.2, 0.25) is 0 Å². The van der Waals surface area contributed by atoms with Crippen LogP contribution in [0.15, 0.2) is 77.9 Å². The first kappa shape index (κ1) is 21.2. The van der Waals surface area contributed by atoms with E-state index in [0.717, 1.165) is 0 Å². The van der Waals surface area contributed by atoms with Crippen LogP contribution in [0.1, 0.15) is 26.3 Å². The summed E-state index contributed by atoms with van der Waals surface area (Å²) in [4.78, 5) is 34.6. The van der Waals surface area contributed by atoms with Crippen LogP contribution in [0, 0.1) is 10.1 Å². The summed E-state index contributed by atoms with van der Waals surface area (Å²) in [6.45, 7) is 0. The lowest BCUT2D eigenvalue weighted by molar-refractivity contribution is -0.384. The van der Waals surface area contributed by atoms with Crippen LogP contribution in [-0.4, -0.2) is 30.1 Å². The van der Waals surface area contributed by atoms with E-state index in [0.29, 0.717) is 16.9 Å². The summed E-state index contributed by atoms with van der Waals surface area (Å²) in [5.74, 6) is -0.415. The fourth-order valence-corrected chi connectivity index (χ4v) is 2.60. The van der Waals surface area contributed by atoms with Gasteiger partial charge in [0.25, 0.3) is 11.6 Å². The number of esters is 1. The van der Waals surface area contributed by atoms with Gasteiger partial charge in [0, 0.05) is 12.1 Å². The molecule has 0 fully saturated rings. The van der Waals surface area contributed by atoms with Crippen LogP contribution >= 0.6 is 0 Å². The fraction of sp³-hybridized carbons (Fsp3) is 0.0455. The highest BCUT2D eigenvalue weighted by molar-refractivity contribution is 5.97. The van der Waals surface area contributed by atoms with Gasteiger partial charge in [0.05, 0.1) is 29.4 Å². The highest BCUT2D eigenvalue weighted by Crippen LogP contribution is 2.18. The molecule has 0 aliphatic carbocycles. The van der Waals surface area contributed by atoms with Crippen molar-refractivity contribution in [3.8, 4) is 11.5 Å². The third-order valence-corrected chi connectivity index (χ3v) is 4.11. The van der Waals surface area contributed by atoms with Gasteiger partial charge in [-0.2, -0.15) is 5.10 Å². The number of carbonyl (C=O) groups is 2. The van der Waals surface area contributed by atoms with Crippen molar-refractivity contribution < 1.29 is 24.0 Å². The second-order valence-electron chi connectivity index (χ2n) is 6.17. The number of nitrogens with zero attached hydrogens (tertiary/aromatic N) is 2. The van der Waals surface area contributed by atoms with Gasteiger partial charge in [0.15, 0.2) is 0 Å². The zero-order valence-corrected chi connectivity index (χ0v) is 16.3. The number of non-ortho nitro benzene ring substituents is 1. The lowest BCUT2D eigenvalue weighted by Crippen LogP contribution is -2.18. The zero-order chi connectivity index (χ0) is 22.2. The van der Waals surface area contributed by atoms with Crippen LogP contribution in [-0.2, 0) is 0 Å². The van der Waals surface area contributed by atoms with Gasteiger partial charge >= 0.3 is 5.97 Å². The number of nitrogens with one attached hydrogen (secondary N) is 1. The zero-order valence-electron chi connectivity index (χ0n) is 16.3. The number of nitro groups is 1. The minimum absolute atomic E-state index is 0.120. The number of methoxy groups -OCH3 is 1. The van der Waals surface area contributed by atoms with Crippen LogP contribution in [0.5, 0.6) is 11.5 Å². The third kappa shape index (κ3) is 5.51. The summed E-state index contributed by atoms with van der Waals surface area (Å²) in [5.41, 5.74) is 3.38. The third-order valence-electron chi connectivity index (χ3n) is 4.11. The molecule has 3 aromatic carbocycles. The Hall–Kier alpha value is -4.53. The lowest BCUT2D eigenvalue weighted by atomic mass is 10.2. The molecule has 1 N–H and O–H groups in total. The Morgan fingerprint density at radius 2 is 1.77 bits per heavy atom. The molecule has 156 valence electrons. The van der Waals surface area contributed by atoms with Crippen LogP contribution in [0.4, 0.5) is 5.69 Å². The van der Waals surface area contributed by atoms with Gasteiger partial charge < -0.3 is 9.47 Å². The number of amides is 1. The van der Waals surface area contributed by atoms with Gasteiger partial charge in [-0.1, -0.05) is 24.3 Å². The molecule has 9 nitrogen and oxygen atoms in total. The molecule has 0 unspecified atom stereocenters. The molecule has 31 heavy (non-hydrogen) atoms. The number of benzene rings is 3. The van der Waals surface area contributed by atoms with Crippen molar-refractivity contribution in [3.63, 3.8) is 0 Å². The second-order valence-corrected chi connectivity index (χ2v) is 6.17. The van der Waals surface area contributed by atoms with Crippen molar-refractivity contribution in [2.75, 3.05) is 7.11 Å². The van der Waals surface area contributed by atoms with Crippen molar-refractivity contribution in [3.05, 3.63) is 99.6 Å². The number of hydrogen-bond donors (Lipinski definition) is 1. The largest absolute Gasteiger partial charge is 0.496 e. The van der Waals surface area contributed by atoms with E-state index in [-0.39, 0.29) is 17.0 Å². The van der Waals surface area contributed by atoms with E-state index in [9.17, 15) is 19.7 Å². The molecule has 0 radical (unpaired) electrons. The Morgan fingerprint density at radius 1 is 1.03 bits per heavy atom. The summed E-state index contributed by atoms with van der Waals surface area (Å²) in [6, 6.07) is 18.3. The average molecular weight is 419 g/mol. The summed E-state index contributed by atoms with van der Waals surface area (Å²) in [6.07, 6.45) is 1.40. The van der Waals surface area contributed by atoms with Gasteiger partial charge in [-0.15, -0.1) is 0 Å². The first-order chi connectivity index (χ1) is 15.0. The topological polar surface area (TPSA) is 120 Å². The molecule has 0 spiro atoms. The normalized spacial score (nSPS) is 10.5. The van der Waals surface area contributed by atoms with E-state index in [4.69, 9.17) is 9.47 Å². The van der Waals surface area contributed by atoms with Crippen molar-refractivity contribution in [2.45, 2.75) is 0 Å². The van der Waals surface area contributed by atoms with E-state index >= 15 is 0 Å². The van der Waals surface area contributed by atoms with Crippen molar-refractivity contribution >= 4 is 23.8 Å². The number of nitro benzene ring substituents is 1. The molecule has 0 aliphatic rings. The Morgan fingerprint density at radius 3 is 2.48 bits per heavy atom. The van der Waals surface area contributed by atoms with Crippen molar-refractivity contribution in [1.82, 2.24) is 5.43 Å². The maximum absolute atomic E-state index is 12.2.